The van der Waals surface area contributed by atoms with Gasteiger partial charge in [-0.15, -0.1) is 0 Å². The molecule has 0 aliphatic rings. The number of benzene rings is 1. The second kappa shape index (κ2) is 7.77. The van der Waals surface area contributed by atoms with Crippen molar-refractivity contribution >= 4 is 15.9 Å². The van der Waals surface area contributed by atoms with Crippen LogP contribution in [0.4, 0.5) is 0 Å². The molecule has 0 fully saturated rings. The molecule has 0 aliphatic heterocycles. The van der Waals surface area contributed by atoms with Gasteiger partial charge in [0.05, 0.1) is 11.8 Å². The number of hydrogen-bond donors (Lipinski definition) is 1. The fraction of sp³-hybridized carbons (Fsp3) is 0.250. The molecule has 1 N–H and O–H groups in total. The van der Waals surface area contributed by atoms with Crippen LogP contribution in [-0.4, -0.2) is 21.5 Å². The first-order valence-corrected chi connectivity index (χ1v) is 7.45. The number of pyridine rings is 1. The minimum Gasteiger partial charge on any atom is -0.508 e. The molecule has 0 aliphatic carbocycles. The van der Waals surface area contributed by atoms with Crippen molar-refractivity contribution in [3.8, 4) is 11.8 Å². The van der Waals surface area contributed by atoms with Crippen LogP contribution >= 0.6 is 15.9 Å². The average Bonchev–Trinajstić information content (AvgIpc) is 2.49. The van der Waals surface area contributed by atoms with Gasteiger partial charge in [0.15, 0.2) is 0 Å². The lowest BCUT2D eigenvalue weighted by Gasteiger charge is -2.21. The quantitative estimate of drug-likeness (QED) is 0.870. The Labute approximate surface area is 132 Å². The van der Waals surface area contributed by atoms with E-state index in [2.05, 4.69) is 31.9 Å². The summed E-state index contributed by atoms with van der Waals surface area (Å²) in [5.74, 6) is 0.242. The molecular formula is C16H16BrN3O. The molecule has 0 bridgehead atoms. The summed E-state index contributed by atoms with van der Waals surface area (Å²) in [6.45, 7) is 1.98. The molecule has 0 amide bonds. The highest BCUT2D eigenvalue weighted by atomic mass is 79.9. The van der Waals surface area contributed by atoms with Gasteiger partial charge < -0.3 is 5.11 Å². The maximum atomic E-state index is 9.61. The molecule has 2 aromatic rings. The van der Waals surface area contributed by atoms with Gasteiger partial charge in [-0.25, -0.2) is 0 Å². The monoisotopic (exact) mass is 345 g/mol. The van der Waals surface area contributed by atoms with Gasteiger partial charge in [0.25, 0.3) is 0 Å². The first kappa shape index (κ1) is 15.5. The van der Waals surface area contributed by atoms with E-state index in [1.165, 1.54) is 0 Å². The number of phenolic OH excluding ortho intramolecular Hbond substituents is 1. The van der Waals surface area contributed by atoms with Gasteiger partial charge in [-0.1, -0.05) is 22.0 Å². The lowest BCUT2D eigenvalue weighted by atomic mass is 10.2. The van der Waals surface area contributed by atoms with Crippen LogP contribution in [0.25, 0.3) is 0 Å². The standard InChI is InChI=1S/C16H16BrN3O/c17-16-6-5-15(21)10-13(16)11-20(9-3-7-18)12-14-4-1-2-8-19-14/h1-2,4-6,8,10,21H,3,9,11-12H2. The van der Waals surface area contributed by atoms with Crippen LogP contribution in [0.2, 0.25) is 0 Å². The summed E-state index contributed by atoms with van der Waals surface area (Å²) in [5, 5.41) is 18.4. The van der Waals surface area contributed by atoms with Crippen LogP contribution in [0.15, 0.2) is 47.1 Å². The van der Waals surface area contributed by atoms with Crippen molar-refractivity contribution in [2.45, 2.75) is 19.5 Å². The van der Waals surface area contributed by atoms with E-state index in [1.807, 2.05) is 24.3 Å². The molecule has 2 rings (SSSR count). The van der Waals surface area contributed by atoms with Crippen molar-refractivity contribution in [2.24, 2.45) is 0 Å². The Balaban J connectivity index is 2.12. The SMILES string of the molecule is N#CCCN(Cc1ccccn1)Cc1cc(O)ccc1Br. The van der Waals surface area contributed by atoms with E-state index >= 15 is 0 Å². The molecule has 0 atom stereocenters. The first-order valence-electron chi connectivity index (χ1n) is 6.65. The van der Waals surface area contributed by atoms with Crippen molar-refractivity contribution in [1.29, 1.82) is 5.26 Å². The highest BCUT2D eigenvalue weighted by Gasteiger charge is 2.10. The van der Waals surface area contributed by atoms with Crippen LogP contribution in [0, 0.1) is 11.3 Å². The number of halogens is 1. The zero-order valence-electron chi connectivity index (χ0n) is 11.5. The maximum absolute atomic E-state index is 9.61. The predicted octanol–water partition coefficient (Wildman–Crippen LogP) is 3.47. The summed E-state index contributed by atoms with van der Waals surface area (Å²) in [5.41, 5.74) is 1.95. The number of aromatic hydroxyl groups is 1. The van der Waals surface area contributed by atoms with Gasteiger partial charge in [-0.05, 0) is 35.9 Å². The number of rotatable bonds is 6. The van der Waals surface area contributed by atoms with Crippen molar-refractivity contribution in [1.82, 2.24) is 9.88 Å². The molecule has 1 heterocycles. The summed E-state index contributed by atoms with van der Waals surface area (Å²) in [4.78, 5) is 6.47. The van der Waals surface area contributed by atoms with Gasteiger partial charge >= 0.3 is 0 Å². The summed E-state index contributed by atoms with van der Waals surface area (Å²) >= 11 is 3.49. The van der Waals surface area contributed by atoms with Gasteiger partial charge in [0.2, 0.25) is 0 Å². The maximum Gasteiger partial charge on any atom is 0.115 e. The van der Waals surface area contributed by atoms with Crippen LogP contribution in [0.1, 0.15) is 17.7 Å². The molecule has 1 aromatic heterocycles. The van der Waals surface area contributed by atoms with E-state index < -0.39 is 0 Å². The minimum atomic E-state index is 0.242. The molecule has 4 nitrogen and oxygen atoms in total. The Morgan fingerprint density at radius 1 is 1.24 bits per heavy atom. The minimum absolute atomic E-state index is 0.242. The van der Waals surface area contributed by atoms with E-state index in [4.69, 9.17) is 5.26 Å². The molecule has 108 valence electrons. The van der Waals surface area contributed by atoms with Crippen molar-refractivity contribution < 1.29 is 5.11 Å². The molecular weight excluding hydrogens is 330 g/mol. The van der Waals surface area contributed by atoms with Gasteiger partial charge in [-0.2, -0.15) is 5.26 Å². The van der Waals surface area contributed by atoms with E-state index in [0.717, 1.165) is 15.7 Å². The molecule has 1 aromatic carbocycles. The largest absolute Gasteiger partial charge is 0.508 e. The Morgan fingerprint density at radius 3 is 2.81 bits per heavy atom. The van der Waals surface area contributed by atoms with E-state index in [-0.39, 0.29) is 5.75 Å². The summed E-state index contributed by atoms with van der Waals surface area (Å²) in [7, 11) is 0. The molecule has 0 unspecified atom stereocenters. The topological polar surface area (TPSA) is 60.2 Å². The number of nitriles is 1. The van der Waals surface area contributed by atoms with Crippen molar-refractivity contribution in [2.75, 3.05) is 6.54 Å². The lowest BCUT2D eigenvalue weighted by Crippen LogP contribution is -2.24. The zero-order valence-corrected chi connectivity index (χ0v) is 13.1. The molecule has 21 heavy (non-hydrogen) atoms. The fourth-order valence-electron chi connectivity index (χ4n) is 2.07. The third-order valence-corrected chi connectivity index (χ3v) is 3.85. The first-order chi connectivity index (χ1) is 10.2. The van der Waals surface area contributed by atoms with Crippen LogP contribution in [0.5, 0.6) is 5.75 Å². The Morgan fingerprint density at radius 2 is 2.10 bits per heavy atom. The molecule has 0 radical (unpaired) electrons. The van der Waals surface area contributed by atoms with Gasteiger partial charge in [0, 0.05) is 36.7 Å². The predicted molar refractivity (Wildman–Crippen MR) is 84.4 cm³/mol. The molecule has 0 spiro atoms. The lowest BCUT2D eigenvalue weighted by molar-refractivity contribution is 0.259. The Hall–Kier alpha value is -1.90. The molecule has 0 saturated carbocycles. The van der Waals surface area contributed by atoms with Gasteiger partial charge in [0.1, 0.15) is 5.75 Å². The highest BCUT2D eigenvalue weighted by Crippen LogP contribution is 2.23. The summed E-state index contributed by atoms with van der Waals surface area (Å²) in [6.07, 6.45) is 2.23. The summed E-state index contributed by atoms with van der Waals surface area (Å²) in [6, 6.07) is 13.2. The third kappa shape index (κ3) is 4.85. The fourth-order valence-corrected chi connectivity index (χ4v) is 2.44. The Bertz CT molecular complexity index is 625. The number of phenols is 1. The number of nitrogens with zero attached hydrogens (tertiary/aromatic N) is 3. The normalized spacial score (nSPS) is 10.5. The molecule has 0 saturated heterocycles. The van der Waals surface area contributed by atoms with E-state index in [1.54, 1.807) is 18.3 Å². The molecule has 5 heteroatoms. The van der Waals surface area contributed by atoms with E-state index in [9.17, 15) is 5.11 Å². The highest BCUT2D eigenvalue weighted by molar-refractivity contribution is 9.10. The van der Waals surface area contributed by atoms with Crippen LogP contribution in [-0.2, 0) is 13.1 Å². The number of aromatic nitrogens is 1. The zero-order chi connectivity index (χ0) is 15.1. The van der Waals surface area contributed by atoms with Crippen molar-refractivity contribution in [3.63, 3.8) is 0 Å². The van der Waals surface area contributed by atoms with Gasteiger partial charge in [-0.3, -0.25) is 9.88 Å². The van der Waals surface area contributed by atoms with Crippen LogP contribution < -0.4 is 0 Å². The third-order valence-electron chi connectivity index (χ3n) is 3.07. The second-order valence-electron chi connectivity index (χ2n) is 4.72. The van der Waals surface area contributed by atoms with Crippen LogP contribution in [0.3, 0.4) is 0 Å². The second-order valence-corrected chi connectivity index (χ2v) is 5.57. The smallest absolute Gasteiger partial charge is 0.115 e. The average molecular weight is 346 g/mol. The van der Waals surface area contributed by atoms with Crippen molar-refractivity contribution in [3.05, 3.63) is 58.3 Å². The number of hydrogen-bond acceptors (Lipinski definition) is 4. The summed E-state index contributed by atoms with van der Waals surface area (Å²) < 4.78 is 0.947. The Kier molecular flexibility index (Phi) is 5.73. The van der Waals surface area contributed by atoms with E-state index in [0.29, 0.717) is 26.1 Å².